The van der Waals surface area contributed by atoms with Crippen LogP contribution in [0.15, 0.2) is 24.3 Å². The van der Waals surface area contributed by atoms with E-state index in [2.05, 4.69) is 0 Å². The Balaban J connectivity index is 1.33. The molecule has 2 saturated carbocycles. The van der Waals surface area contributed by atoms with Crippen molar-refractivity contribution in [1.29, 1.82) is 0 Å². The van der Waals surface area contributed by atoms with E-state index >= 15 is 0 Å². The first-order valence-electron chi connectivity index (χ1n) is 16.6. The van der Waals surface area contributed by atoms with Crippen LogP contribution in [0.2, 0.25) is 0 Å². The number of likely N-dealkylation sites (tertiary alicyclic amines) is 1. The van der Waals surface area contributed by atoms with Crippen molar-refractivity contribution in [2.45, 2.75) is 102 Å². The Morgan fingerprint density at radius 3 is 2.33 bits per heavy atom. The molecular formula is C34H41NO13. The van der Waals surface area contributed by atoms with Gasteiger partial charge in [-0.2, -0.15) is 0 Å². The van der Waals surface area contributed by atoms with Gasteiger partial charge in [-0.25, -0.2) is 14.4 Å². The lowest BCUT2D eigenvalue weighted by Gasteiger charge is -2.48. The number of fused-ring (bicyclic) bond motifs is 1. The molecule has 7 aliphatic rings. The molecule has 1 amide bonds. The molecule has 8 unspecified atom stereocenters. The van der Waals surface area contributed by atoms with Gasteiger partial charge in [0.2, 0.25) is 11.9 Å². The number of carbonyl (C=O) groups excluding carboxylic acids is 4. The van der Waals surface area contributed by atoms with Gasteiger partial charge < -0.3 is 48.3 Å². The van der Waals surface area contributed by atoms with Crippen molar-refractivity contribution in [3.8, 4) is 5.75 Å². The van der Waals surface area contributed by atoms with Crippen molar-refractivity contribution in [2.24, 2.45) is 28.1 Å². The highest BCUT2D eigenvalue weighted by Crippen LogP contribution is 2.85. The number of esters is 3. The van der Waals surface area contributed by atoms with Crippen molar-refractivity contribution in [3.63, 3.8) is 0 Å². The van der Waals surface area contributed by atoms with Crippen LogP contribution in [-0.4, -0.2) is 107 Å². The number of carbonyl (C=O) groups is 4. The Morgan fingerprint density at radius 1 is 1.00 bits per heavy atom. The van der Waals surface area contributed by atoms with E-state index in [4.69, 9.17) is 33.2 Å². The molecular weight excluding hydrogens is 630 g/mol. The first-order chi connectivity index (χ1) is 22.7. The van der Waals surface area contributed by atoms with Crippen LogP contribution in [-0.2, 0) is 49.4 Å². The smallest absolute Gasteiger partial charge is 0.410 e. The minimum atomic E-state index is -2.44. The summed E-state index contributed by atoms with van der Waals surface area (Å²) in [5.41, 5.74) is -8.81. The maximum absolute atomic E-state index is 14.4. The van der Waals surface area contributed by atoms with Crippen molar-refractivity contribution in [3.05, 3.63) is 29.8 Å². The first kappa shape index (κ1) is 31.8. The Bertz CT molecular complexity index is 1570. The standard InChI is InChI=1S/C34H41NO13/c1-16-25(37)45-23-21(36)32-22-19(44-29(40)35-13-7-6-8-14-35)20(30(2,3)4)31(32)24(43-15-17-9-11-18(42-5)12-10-17)26(38)47-28(31)48-34(32,27(39)46-22)33(16,23)41/h9-12,16,19-24,28,36,41H,6-8,13-15H2,1-5H3/t16-,19-,20?,21?,22?,23?,24+,28?,31?,32?,33-,34?/m1/s1. The van der Waals surface area contributed by atoms with Gasteiger partial charge in [-0.1, -0.05) is 32.9 Å². The van der Waals surface area contributed by atoms with Crippen molar-refractivity contribution in [1.82, 2.24) is 4.90 Å². The molecule has 2 spiro atoms. The first-order valence-corrected chi connectivity index (χ1v) is 16.6. The molecule has 0 bridgehead atoms. The number of aliphatic hydroxyl groups is 2. The number of aliphatic hydroxyl groups excluding tert-OH is 1. The molecule has 260 valence electrons. The summed E-state index contributed by atoms with van der Waals surface area (Å²) >= 11 is 0. The second-order valence-electron chi connectivity index (χ2n) is 15.3. The number of amides is 1. The van der Waals surface area contributed by atoms with Gasteiger partial charge in [-0.05, 0) is 49.3 Å². The van der Waals surface area contributed by atoms with Gasteiger partial charge in [0.05, 0.1) is 30.5 Å². The maximum Gasteiger partial charge on any atom is 0.410 e. The average molecular weight is 672 g/mol. The van der Waals surface area contributed by atoms with E-state index in [1.807, 2.05) is 20.8 Å². The molecule has 14 heteroatoms. The largest absolute Gasteiger partial charge is 0.497 e. The van der Waals surface area contributed by atoms with Crippen molar-refractivity contribution < 1.29 is 62.5 Å². The van der Waals surface area contributed by atoms with E-state index in [-0.39, 0.29) is 6.61 Å². The van der Waals surface area contributed by atoms with Gasteiger partial charge in [-0.15, -0.1) is 0 Å². The average Bonchev–Trinajstić information content (AvgIpc) is 3.76. The summed E-state index contributed by atoms with van der Waals surface area (Å²) in [7, 11) is 1.54. The molecule has 0 aromatic heterocycles. The van der Waals surface area contributed by atoms with Crippen LogP contribution in [0.4, 0.5) is 4.79 Å². The molecule has 5 aliphatic heterocycles. The number of hydrogen-bond donors (Lipinski definition) is 2. The third-order valence-corrected chi connectivity index (χ3v) is 12.3. The van der Waals surface area contributed by atoms with Crippen LogP contribution in [0.1, 0.15) is 52.5 Å². The maximum atomic E-state index is 14.4. The van der Waals surface area contributed by atoms with E-state index in [0.717, 1.165) is 19.3 Å². The molecule has 48 heavy (non-hydrogen) atoms. The van der Waals surface area contributed by atoms with Gasteiger partial charge in [0.1, 0.15) is 18.0 Å². The van der Waals surface area contributed by atoms with E-state index in [0.29, 0.717) is 24.4 Å². The number of piperidine rings is 1. The predicted octanol–water partition coefficient (Wildman–Crippen LogP) is 1.46. The van der Waals surface area contributed by atoms with Crippen molar-refractivity contribution in [2.75, 3.05) is 20.2 Å². The number of methoxy groups -OCH3 is 1. The van der Waals surface area contributed by atoms with Gasteiger partial charge in [0, 0.05) is 19.0 Å². The highest BCUT2D eigenvalue weighted by Gasteiger charge is 3.05. The van der Waals surface area contributed by atoms with E-state index < -0.39 is 100 Å². The molecule has 1 aromatic rings. The van der Waals surface area contributed by atoms with Crippen LogP contribution < -0.4 is 4.74 Å². The lowest BCUT2D eigenvalue weighted by atomic mass is 9.51. The molecule has 14 nitrogen and oxygen atoms in total. The van der Waals surface area contributed by atoms with Crippen LogP contribution in [0.5, 0.6) is 5.75 Å². The minimum absolute atomic E-state index is 0.0922. The highest BCUT2D eigenvalue weighted by molar-refractivity contribution is 5.94. The van der Waals surface area contributed by atoms with Crippen LogP contribution in [0.25, 0.3) is 0 Å². The second kappa shape index (κ2) is 10.1. The highest BCUT2D eigenvalue weighted by atomic mass is 16.8. The van der Waals surface area contributed by atoms with Crippen molar-refractivity contribution >= 4 is 24.0 Å². The number of rotatable bonds is 5. The third kappa shape index (κ3) is 3.37. The van der Waals surface area contributed by atoms with Gasteiger partial charge in [0.15, 0.2) is 23.9 Å². The Hall–Kier alpha value is -3.46. The minimum Gasteiger partial charge on any atom is -0.497 e. The predicted molar refractivity (Wildman–Crippen MR) is 159 cm³/mol. The Labute approximate surface area is 276 Å². The van der Waals surface area contributed by atoms with Gasteiger partial charge >= 0.3 is 24.0 Å². The number of benzene rings is 1. The number of ether oxygens (including phenoxy) is 7. The molecule has 2 N–H and O–H groups in total. The van der Waals surface area contributed by atoms with Crippen LogP contribution in [0.3, 0.4) is 0 Å². The van der Waals surface area contributed by atoms with E-state index in [9.17, 15) is 29.4 Å². The summed E-state index contributed by atoms with van der Waals surface area (Å²) in [6.45, 7) is 7.91. The Morgan fingerprint density at radius 2 is 1.69 bits per heavy atom. The summed E-state index contributed by atoms with van der Waals surface area (Å²) in [6.07, 6.45) is -7.19. The quantitative estimate of drug-likeness (QED) is 0.340. The number of hydrogen-bond acceptors (Lipinski definition) is 13. The SMILES string of the molecule is COc1ccc(CO[C@H]2C(=O)OC3OC45C(=O)OC6[C@H](OC(=O)N7CCCCC7)C(C(C)(C)C)C32C64C(O)C2OC(=O)[C@@H](C)[C@@]25O)cc1. The summed E-state index contributed by atoms with van der Waals surface area (Å²) in [5.74, 6) is -4.33. The fraction of sp³-hybridized carbons (Fsp3) is 0.706. The van der Waals surface area contributed by atoms with E-state index in [1.54, 1.807) is 36.3 Å². The van der Waals surface area contributed by atoms with Gasteiger partial charge in [0.25, 0.3) is 0 Å². The Kier molecular flexibility index (Phi) is 6.66. The summed E-state index contributed by atoms with van der Waals surface area (Å²) in [6, 6.07) is 7.02. The molecule has 7 fully saturated rings. The zero-order valence-corrected chi connectivity index (χ0v) is 27.5. The molecule has 0 radical (unpaired) electrons. The fourth-order valence-corrected chi connectivity index (χ4v) is 10.7. The van der Waals surface area contributed by atoms with E-state index in [1.165, 1.54) is 6.92 Å². The summed E-state index contributed by atoms with van der Waals surface area (Å²) < 4.78 is 42.3. The molecule has 1 aromatic carbocycles. The normalized spacial score (nSPS) is 45.2. The lowest BCUT2D eigenvalue weighted by Crippen LogP contribution is -2.67. The van der Waals surface area contributed by atoms with Crippen LogP contribution in [0, 0.1) is 28.1 Å². The zero-order chi connectivity index (χ0) is 34.2. The molecule has 8 rings (SSSR count). The fourth-order valence-electron chi connectivity index (χ4n) is 10.7. The monoisotopic (exact) mass is 671 g/mol. The molecule has 2 aliphatic carbocycles. The van der Waals surface area contributed by atoms with Gasteiger partial charge in [-0.3, -0.25) is 4.79 Å². The molecule has 5 saturated heterocycles. The zero-order valence-electron chi connectivity index (χ0n) is 27.5. The lowest BCUT2D eigenvalue weighted by molar-refractivity contribution is -0.240. The third-order valence-electron chi connectivity index (χ3n) is 12.3. The molecule has 12 atom stereocenters. The summed E-state index contributed by atoms with van der Waals surface area (Å²) in [4.78, 5) is 56.8. The topological polar surface area (TPSA) is 177 Å². The summed E-state index contributed by atoms with van der Waals surface area (Å²) in [5, 5.41) is 25.1. The van der Waals surface area contributed by atoms with Crippen LogP contribution >= 0.6 is 0 Å². The number of nitrogens with zero attached hydrogens (tertiary/aromatic N) is 1. The second-order valence-corrected chi connectivity index (χ2v) is 15.3. The molecule has 5 heterocycles.